The van der Waals surface area contributed by atoms with Crippen LogP contribution in [0.5, 0.6) is 11.5 Å². The summed E-state index contributed by atoms with van der Waals surface area (Å²) in [5.41, 5.74) is 0.564. The van der Waals surface area contributed by atoms with E-state index in [9.17, 15) is 28.0 Å². The maximum absolute atomic E-state index is 13.4. The Morgan fingerprint density at radius 1 is 1.02 bits per heavy atom. The smallest absolute Gasteiger partial charge is 0.311 e. The first-order chi connectivity index (χ1) is 18.9. The minimum Gasteiger partial charge on any atom is -0.504 e. The van der Waals surface area contributed by atoms with Crippen molar-refractivity contribution in [3.63, 3.8) is 0 Å². The first-order valence-electron chi connectivity index (χ1n) is 15.3. The average Bonchev–Trinajstić information content (AvgIpc) is 2.89. The van der Waals surface area contributed by atoms with Crippen molar-refractivity contribution >= 4 is 16.1 Å². The van der Waals surface area contributed by atoms with E-state index in [0.717, 1.165) is 63.4 Å². The Bertz CT molecular complexity index is 1410. The number of esters is 1. The van der Waals surface area contributed by atoms with Crippen molar-refractivity contribution in [2.75, 3.05) is 6.61 Å². The predicted octanol–water partition coefficient (Wildman–Crippen LogP) is 7.29. The molecule has 3 saturated carbocycles. The van der Waals surface area contributed by atoms with E-state index in [0.29, 0.717) is 17.7 Å². The van der Waals surface area contributed by atoms with Gasteiger partial charge in [0.1, 0.15) is 5.25 Å². The molecule has 0 amide bonds. The normalized spacial score (nSPS) is 40.0. The fraction of sp³-hybridized carbons (Fsp3) is 0.727. The van der Waals surface area contributed by atoms with Crippen LogP contribution in [0.1, 0.15) is 121 Å². The van der Waals surface area contributed by atoms with E-state index in [2.05, 4.69) is 41.5 Å². The molecular weight excluding hydrogens is 540 g/mol. The van der Waals surface area contributed by atoms with Crippen LogP contribution in [-0.2, 0) is 25.1 Å². The highest BCUT2D eigenvalue weighted by Crippen LogP contribution is 2.75. The number of unbranched alkanes of at least 4 members (excludes halogenated alkanes) is 1. The lowest BCUT2D eigenvalue weighted by Crippen LogP contribution is -2.62. The number of carbonyl (C=O) groups is 1. The molecule has 8 heteroatoms. The summed E-state index contributed by atoms with van der Waals surface area (Å²) in [4.78, 5) is 13.4. The Kier molecular flexibility index (Phi) is 7.02. The molecule has 0 aliphatic heterocycles. The Morgan fingerprint density at radius 2 is 1.68 bits per heavy atom. The molecule has 5 rings (SSSR count). The molecule has 228 valence electrons. The molecule has 2 unspecified atom stereocenters. The number of phenols is 2. The van der Waals surface area contributed by atoms with E-state index < -0.39 is 31.6 Å². The lowest BCUT2D eigenvalue weighted by molar-refractivity contribution is -0.181. The Hall–Kier alpha value is -2.06. The summed E-state index contributed by atoms with van der Waals surface area (Å²) in [6.07, 6.45) is 9.49. The van der Waals surface area contributed by atoms with Gasteiger partial charge < -0.3 is 14.9 Å². The largest absolute Gasteiger partial charge is 0.504 e. The van der Waals surface area contributed by atoms with E-state index in [1.807, 2.05) is 0 Å². The van der Waals surface area contributed by atoms with Crippen molar-refractivity contribution in [2.45, 2.75) is 117 Å². The summed E-state index contributed by atoms with van der Waals surface area (Å²) >= 11 is 0. The first kappa shape index (κ1) is 30.4. The summed E-state index contributed by atoms with van der Waals surface area (Å²) in [6, 6.07) is 1.51. The number of hydrogen-bond donors (Lipinski definition) is 3. The monoisotopic (exact) mass is 588 g/mol. The Labute approximate surface area is 245 Å². The predicted molar refractivity (Wildman–Crippen MR) is 158 cm³/mol. The molecule has 3 N–H and O–H groups in total. The topological polar surface area (TPSA) is 121 Å². The van der Waals surface area contributed by atoms with E-state index in [1.54, 1.807) is 13.0 Å². The molecule has 0 radical (unpaired) electrons. The van der Waals surface area contributed by atoms with E-state index >= 15 is 0 Å². The number of benzene rings is 1. The molecule has 7 nitrogen and oxygen atoms in total. The van der Waals surface area contributed by atoms with Crippen molar-refractivity contribution in [3.05, 3.63) is 34.4 Å². The lowest BCUT2D eigenvalue weighted by atomic mass is 9.34. The van der Waals surface area contributed by atoms with Crippen LogP contribution in [0.3, 0.4) is 0 Å². The molecule has 4 aliphatic rings. The third-order valence-corrected chi connectivity index (χ3v) is 13.6. The molecule has 4 aliphatic carbocycles. The molecule has 3 fully saturated rings. The van der Waals surface area contributed by atoms with Crippen molar-refractivity contribution in [1.82, 2.24) is 0 Å². The fourth-order valence-corrected chi connectivity index (χ4v) is 10.5. The summed E-state index contributed by atoms with van der Waals surface area (Å²) < 4.78 is 42.0. The van der Waals surface area contributed by atoms with E-state index in [-0.39, 0.29) is 39.8 Å². The minimum absolute atomic E-state index is 0.0570. The molecule has 1 aromatic rings. The molecular formula is C33H48O7S. The molecule has 0 saturated heterocycles. The van der Waals surface area contributed by atoms with Gasteiger partial charge in [-0.1, -0.05) is 52.7 Å². The molecule has 0 spiro atoms. The van der Waals surface area contributed by atoms with Crippen LogP contribution in [0.4, 0.5) is 0 Å². The van der Waals surface area contributed by atoms with Crippen LogP contribution < -0.4 is 0 Å². The van der Waals surface area contributed by atoms with E-state index in [1.165, 1.54) is 6.07 Å². The second-order valence-corrected chi connectivity index (χ2v) is 16.4. The third kappa shape index (κ3) is 4.21. The maximum atomic E-state index is 13.4. The Balaban J connectivity index is 1.63. The number of rotatable bonds is 5. The van der Waals surface area contributed by atoms with Gasteiger partial charge in [-0.25, -0.2) is 0 Å². The van der Waals surface area contributed by atoms with Gasteiger partial charge in [-0.3, -0.25) is 9.35 Å². The summed E-state index contributed by atoms with van der Waals surface area (Å²) in [6.45, 7) is 15.3. The Morgan fingerprint density at radius 3 is 2.32 bits per heavy atom. The van der Waals surface area contributed by atoms with Gasteiger partial charge in [0.05, 0.1) is 12.0 Å². The summed E-state index contributed by atoms with van der Waals surface area (Å²) in [7, 11) is -4.56. The van der Waals surface area contributed by atoms with Crippen LogP contribution >= 0.6 is 0 Å². The van der Waals surface area contributed by atoms with Crippen LogP contribution in [0, 0.1) is 34.5 Å². The minimum atomic E-state index is -4.56. The zero-order valence-electron chi connectivity index (χ0n) is 25.8. The van der Waals surface area contributed by atoms with Crippen LogP contribution in [0.25, 0.3) is 0 Å². The highest BCUT2D eigenvalue weighted by molar-refractivity contribution is 7.86. The van der Waals surface area contributed by atoms with Gasteiger partial charge in [0, 0.05) is 5.41 Å². The van der Waals surface area contributed by atoms with Crippen molar-refractivity contribution in [2.24, 2.45) is 27.6 Å². The molecule has 0 heterocycles. The molecule has 0 aromatic heterocycles. The van der Waals surface area contributed by atoms with Crippen molar-refractivity contribution in [3.8, 4) is 11.5 Å². The van der Waals surface area contributed by atoms with E-state index in [4.69, 9.17) is 4.74 Å². The summed E-state index contributed by atoms with van der Waals surface area (Å²) in [5, 5.41) is 19.9. The SMILES string of the molecule is CCCCOC(=O)[C@]1(C)CC[C@]2(C)CC[C@]3(C)C4=CC(S(=O)(=O)O)c5c(cc(O)c(O)c5C)[C@]4(C)CC[C@@]3(C)C2C1. The molecule has 1 aromatic carbocycles. The first-order valence-corrected chi connectivity index (χ1v) is 16.8. The standard InChI is InChI=1S/C33H48O7S/c1-8-9-16-40-28(36)30(4)11-10-29(3)12-14-32(6)24-18-23(41(37,38)39)26-20(2)27(35)22(34)17-21(26)31(24,5)13-15-33(32,7)25(29)19-30/h17-18,23,25,34-35H,8-16,19H2,1-7H3,(H,37,38,39)/t23?,25?,29-,30-,31+,32-,33+/m1/s1. The van der Waals surface area contributed by atoms with Gasteiger partial charge in [0.15, 0.2) is 11.5 Å². The zero-order valence-corrected chi connectivity index (χ0v) is 26.6. The number of carbonyl (C=O) groups excluding carboxylic acids is 1. The molecule has 0 bridgehead atoms. The number of phenolic OH excluding ortho intramolecular Hbond substituents is 2. The van der Waals surface area contributed by atoms with Gasteiger partial charge in [-0.2, -0.15) is 8.42 Å². The number of hydrogen-bond acceptors (Lipinski definition) is 6. The second-order valence-electron chi connectivity index (χ2n) is 14.9. The van der Waals surface area contributed by atoms with Crippen LogP contribution in [-0.4, -0.2) is 35.8 Å². The molecule has 41 heavy (non-hydrogen) atoms. The summed E-state index contributed by atoms with van der Waals surface area (Å²) in [5.74, 6) is -0.521. The quantitative estimate of drug-likeness (QED) is 0.109. The zero-order chi connectivity index (χ0) is 30.4. The van der Waals surface area contributed by atoms with Gasteiger partial charge >= 0.3 is 5.97 Å². The van der Waals surface area contributed by atoms with Gasteiger partial charge in [0.25, 0.3) is 10.1 Å². The highest BCUT2D eigenvalue weighted by Gasteiger charge is 2.67. The second kappa shape index (κ2) is 9.47. The van der Waals surface area contributed by atoms with Crippen molar-refractivity contribution in [1.29, 1.82) is 0 Å². The number of fused-ring (bicyclic) bond motifs is 7. The van der Waals surface area contributed by atoms with Gasteiger partial charge in [-0.05, 0) is 110 Å². The van der Waals surface area contributed by atoms with Gasteiger partial charge in [-0.15, -0.1) is 0 Å². The fourth-order valence-electron chi connectivity index (χ4n) is 9.59. The van der Waals surface area contributed by atoms with Crippen LogP contribution in [0.2, 0.25) is 0 Å². The maximum Gasteiger partial charge on any atom is 0.311 e. The number of aromatic hydroxyl groups is 2. The third-order valence-electron chi connectivity index (χ3n) is 12.6. The lowest BCUT2D eigenvalue weighted by Gasteiger charge is -2.70. The number of ether oxygens (including phenoxy) is 1. The van der Waals surface area contributed by atoms with Crippen LogP contribution in [0.15, 0.2) is 17.7 Å². The van der Waals surface area contributed by atoms with Crippen molar-refractivity contribution < 1.29 is 32.7 Å². The number of allylic oxidation sites excluding steroid dienone is 1. The van der Waals surface area contributed by atoms with Gasteiger partial charge in [0.2, 0.25) is 0 Å². The average molecular weight is 589 g/mol. The highest BCUT2D eigenvalue weighted by atomic mass is 32.2. The molecule has 7 atom stereocenters.